The van der Waals surface area contributed by atoms with Crippen LogP contribution in [-0.4, -0.2) is 44.3 Å². The van der Waals surface area contributed by atoms with E-state index in [1.807, 2.05) is 26.0 Å². The summed E-state index contributed by atoms with van der Waals surface area (Å²) in [6.45, 7) is 5.52. The van der Waals surface area contributed by atoms with Gasteiger partial charge in [-0.2, -0.15) is 0 Å². The molecule has 0 spiro atoms. The molecular weight excluding hydrogens is 569 g/mol. The molecule has 0 aliphatic heterocycles. The predicted octanol–water partition coefficient (Wildman–Crippen LogP) is 6.08. The first-order chi connectivity index (χ1) is 19.1. The number of nitrogens with one attached hydrogen (secondary N) is 1. The van der Waals surface area contributed by atoms with E-state index in [-0.39, 0.29) is 17.3 Å². The SMILES string of the molecule is CCCNC(=O)[C@H](CC)N(Cc1c(Cl)cccc1Cl)C(=O)CN(c1ccccc1CC)S(=O)(=O)c1ccccc1. The number of hydrogen-bond donors (Lipinski definition) is 1. The summed E-state index contributed by atoms with van der Waals surface area (Å²) in [5.74, 6) is -0.882. The molecule has 0 bridgehead atoms. The Hall–Kier alpha value is -3.07. The third-order valence-corrected chi connectivity index (χ3v) is 9.06. The van der Waals surface area contributed by atoms with Gasteiger partial charge in [-0.15, -0.1) is 0 Å². The normalized spacial score (nSPS) is 12.0. The third-order valence-electron chi connectivity index (χ3n) is 6.58. The molecule has 1 atom stereocenters. The zero-order valence-electron chi connectivity index (χ0n) is 22.9. The molecule has 0 saturated carbocycles. The fourth-order valence-electron chi connectivity index (χ4n) is 4.43. The summed E-state index contributed by atoms with van der Waals surface area (Å²) in [7, 11) is -4.14. The summed E-state index contributed by atoms with van der Waals surface area (Å²) in [5, 5.41) is 3.56. The number of anilines is 1. The number of sulfonamides is 1. The van der Waals surface area contributed by atoms with Crippen LogP contribution in [0.1, 0.15) is 44.7 Å². The quantitative estimate of drug-likeness (QED) is 0.256. The lowest BCUT2D eigenvalue weighted by Crippen LogP contribution is -2.52. The van der Waals surface area contributed by atoms with Gasteiger partial charge in [-0.1, -0.05) is 86.4 Å². The van der Waals surface area contributed by atoms with Crippen LogP contribution < -0.4 is 9.62 Å². The zero-order chi connectivity index (χ0) is 29.3. The van der Waals surface area contributed by atoms with Crippen molar-refractivity contribution in [3.05, 3.63) is 94.0 Å². The molecule has 3 rings (SSSR count). The standard InChI is InChI=1S/C30H35Cl2N3O4S/c1-4-19-33-30(37)27(6-3)34(20-24-25(31)16-12-17-26(24)32)29(36)21-35(28-18-11-10-13-22(28)5-2)40(38,39)23-14-8-7-9-15-23/h7-18,27H,4-6,19-21H2,1-3H3,(H,33,37)/t27-/m0/s1. The number of hydrogen-bond acceptors (Lipinski definition) is 4. The van der Waals surface area contributed by atoms with Gasteiger partial charge in [0.15, 0.2) is 0 Å². The van der Waals surface area contributed by atoms with E-state index in [0.717, 1.165) is 16.3 Å². The second kappa shape index (κ2) is 14.5. The molecule has 3 aromatic rings. The number of amides is 2. The predicted molar refractivity (Wildman–Crippen MR) is 161 cm³/mol. The van der Waals surface area contributed by atoms with Gasteiger partial charge in [-0.05, 0) is 55.2 Å². The van der Waals surface area contributed by atoms with Gasteiger partial charge in [0.25, 0.3) is 10.0 Å². The minimum Gasteiger partial charge on any atom is -0.354 e. The topological polar surface area (TPSA) is 86.8 Å². The molecule has 0 heterocycles. The molecule has 40 heavy (non-hydrogen) atoms. The Kier molecular flexibility index (Phi) is 11.4. The van der Waals surface area contributed by atoms with E-state index in [1.165, 1.54) is 17.0 Å². The van der Waals surface area contributed by atoms with Gasteiger partial charge < -0.3 is 10.2 Å². The van der Waals surface area contributed by atoms with Crippen molar-refractivity contribution >= 4 is 50.7 Å². The van der Waals surface area contributed by atoms with Gasteiger partial charge in [-0.25, -0.2) is 8.42 Å². The van der Waals surface area contributed by atoms with Gasteiger partial charge in [0, 0.05) is 28.7 Å². The molecule has 0 aliphatic rings. The van der Waals surface area contributed by atoms with E-state index in [0.29, 0.717) is 40.7 Å². The number of carbonyl (C=O) groups excluding carboxylic acids is 2. The minimum absolute atomic E-state index is 0.0575. The second-order valence-electron chi connectivity index (χ2n) is 9.24. The van der Waals surface area contributed by atoms with Crippen LogP contribution in [0.2, 0.25) is 10.0 Å². The van der Waals surface area contributed by atoms with Crippen LogP contribution in [-0.2, 0) is 32.6 Å². The first-order valence-electron chi connectivity index (χ1n) is 13.3. The molecule has 0 aliphatic carbocycles. The number of halogens is 2. The maximum absolute atomic E-state index is 14.2. The summed E-state index contributed by atoms with van der Waals surface area (Å²) in [6, 6.07) is 19.2. The molecule has 10 heteroatoms. The highest BCUT2D eigenvalue weighted by Crippen LogP contribution is 2.30. The fourth-order valence-corrected chi connectivity index (χ4v) is 6.42. The number of benzene rings is 3. The number of rotatable bonds is 13. The van der Waals surface area contributed by atoms with Crippen LogP contribution in [0.5, 0.6) is 0 Å². The Morgan fingerprint density at radius 2 is 1.50 bits per heavy atom. The monoisotopic (exact) mass is 603 g/mol. The Labute approximate surface area is 247 Å². The van der Waals surface area contributed by atoms with E-state index >= 15 is 0 Å². The number of para-hydroxylation sites is 1. The largest absolute Gasteiger partial charge is 0.354 e. The van der Waals surface area contributed by atoms with Crippen molar-refractivity contribution in [1.29, 1.82) is 0 Å². The molecule has 0 saturated heterocycles. The number of carbonyl (C=O) groups is 2. The van der Waals surface area contributed by atoms with Crippen molar-refractivity contribution in [2.45, 2.75) is 57.5 Å². The van der Waals surface area contributed by atoms with Gasteiger partial charge in [0.1, 0.15) is 12.6 Å². The average Bonchev–Trinajstić information content (AvgIpc) is 2.96. The lowest BCUT2D eigenvalue weighted by atomic mass is 10.1. The van der Waals surface area contributed by atoms with Crippen molar-refractivity contribution in [2.75, 3.05) is 17.4 Å². The summed E-state index contributed by atoms with van der Waals surface area (Å²) >= 11 is 12.9. The lowest BCUT2D eigenvalue weighted by Gasteiger charge is -2.34. The summed E-state index contributed by atoms with van der Waals surface area (Å²) in [4.78, 5) is 28.8. The van der Waals surface area contributed by atoms with E-state index in [1.54, 1.807) is 55.5 Å². The maximum Gasteiger partial charge on any atom is 0.264 e. The number of aryl methyl sites for hydroxylation is 1. The van der Waals surface area contributed by atoms with Crippen LogP contribution in [0.15, 0.2) is 77.7 Å². The summed E-state index contributed by atoms with van der Waals surface area (Å²) in [6.07, 6.45) is 1.59. The van der Waals surface area contributed by atoms with Crippen molar-refractivity contribution in [3.63, 3.8) is 0 Å². The highest BCUT2D eigenvalue weighted by Gasteiger charge is 2.34. The Morgan fingerprint density at radius 3 is 2.10 bits per heavy atom. The highest BCUT2D eigenvalue weighted by atomic mass is 35.5. The smallest absolute Gasteiger partial charge is 0.264 e. The van der Waals surface area contributed by atoms with Crippen molar-refractivity contribution in [3.8, 4) is 0 Å². The average molecular weight is 605 g/mol. The van der Waals surface area contributed by atoms with Crippen LogP contribution in [0.25, 0.3) is 0 Å². The van der Waals surface area contributed by atoms with Gasteiger partial charge in [0.05, 0.1) is 10.6 Å². The molecular formula is C30H35Cl2N3O4S. The zero-order valence-corrected chi connectivity index (χ0v) is 25.3. The molecule has 1 N–H and O–H groups in total. The van der Waals surface area contributed by atoms with Crippen molar-refractivity contribution in [1.82, 2.24) is 10.2 Å². The Balaban J connectivity index is 2.12. The maximum atomic E-state index is 14.2. The Morgan fingerprint density at radius 1 is 0.875 bits per heavy atom. The van der Waals surface area contributed by atoms with E-state index < -0.39 is 28.5 Å². The first kappa shape index (κ1) is 31.5. The van der Waals surface area contributed by atoms with Crippen molar-refractivity contribution < 1.29 is 18.0 Å². The molecule has 0 radical (unpaired) electrons. The van der Waals surface area contributed by atoms with Crippen LogP contribution in [0, 0.1) is 0 Å². The first-order valence-corrected chi connectivity index (χ1v) is 15.5. The fraction of sp³-hybridized carbons (Fsp3) is 0.333. The van der Waals surface area contributed by atoms with Gasteiger partial charge in [-0.3, -0.25) is 13.9 Å². The summed E-state index contributed by atoms with van der Waals surface area (Å²) < 4.78 is 29.1. The van der Waals surface area contributed by atoms with Crippen molar-refractivity contribution in [2.24, 2.45) is 0 Å². The second-order valence-corrected chi connectivity index (χ2v) is 11.9. The molecule has 2 amide bonds. The van der Waals surface area contributed by atoms with Gasteiger partial charge in [0.2, 0.25) is 11.8 Å². The molecule has 0 aromatic heterocycles. The van der Waals surface area contributed by atoms with Crippen LogP contribution >= 0.6 is 23.2 Å². The van der Waals surface area contributed by atoms with Crippen LogP contribution in [0.3, 0.4) is 0 Å². The molecule has 0 fully saturated rings. The van der Waals surface area contributed by atoms with E-state index in [2.05, 4.69) is 5.32 Å². The molecule has 3 aromatic carbocycles. The third kappa shape index (κ3) is 7.36. The number of nitrogens with zero attached hydrogens (tertiary/aromatic N) is 2. The van der Waals surface area contributed by atoms with Gasteiger partial charge >= 0.3 is 0 Å². The van der Waals surface area contributed by atoms with E-state index in [9.17, 15) is 18.0 Å². The highest BCUT2D eigenvalue weighted by molar-refractivity contribution is 7.92. The molecule has 0 unspecified atom stereocenters. The molecule has 7 nitrogen and oxygen atoms in total. The minimum atomic E-state index is -4.14. The summed E-state index contributed by atoms with van der Waals surface area (Å²) in [5.41, 5.74) is 1.65. The lowest BCUT2D eigenvalue weighted by molar-refractivity contribution is -0.140. The Bertz CT molecular complexity index is 1400. The molecule has 214 valence electrons. The van der Waals surface area contributed by atoms with Crippen LogP contribution in [0.4, 0.5) is 5.69 Å². The van der Waals surface area contributed by atoms with E-state index in [4.69, 9.17) is 23.2 Å².